The number of nitrogens with zero attached hydrogens (tertiary/aromatic N) is 2. The van der Waals surface area contributed by atoms with Crippen molar-refractivity contribution in [1.29, 1.82) is 0 Å². The van der Waals surface area contributed by atoms with Gasteiger partial charge in [0.25, 0.3) is 0 Å². The molecule has 0 bridgehead atoms. The number of ether oxygens (including phenoxy) is 2. The SMILES string of the molecule is COC1=CC2=C(c3ccc(N[C@@H]4CC[C@H](C(=O)O)N(C)C4)cc3COCCC2)N(O)N1. The molecule has 31 heavy (non-hydrogen) atoms. The molecule has 0 aliphatic carbocycles. The highest BCUT2D eigenvalue weighted by Gasteiger charge is 2.30. The summed E-state index contributed by atoms with van der Waals surface area (Å²) in [6.45, 7) is 1.74. The van der Waals surface area contributed by atoms with Gasteiger partial charge in [-0.1, -0.05) is 6.07 Å². The molecule has 4 N–H and O–H groups in total. The number of fused-ring (bicyclic) bond motifs is 2. The number of piperidine rings is 1. The van der Waals surface area contributed by atoms with E-state index in [4.69, 9.17) is 9.47 Å². The average molecular weight is 431 g/mol. The topological polar surface area (TPSA) is 107 Å². The first-order chi connectivity index (χ1) is 15.0. The number of aliphatic carboxylic acids is 1. The summed E-state index contributed by atoms with van der Waals surface area (Å²) in [5.41, 5.74) is 7.35. The van der Waals surface area contributed by atoms with Crippen molar-refractivity contribution in [2.24, 2.45) is 0 Å². The van der Waals surface area contributed by atoms with Crippen molar-refractivity contribution >= 4 is 17.4 Å². The second-order valence-corrected chi connectivity index (χ2v) is 8.25. The quantitative estimate of drug-likeness (QED) is 0.573. The van der Waals surface area contributed by atoms with Crippen molar-refractivity contribution in [3.63, 3.8) is 0 Å². The Kier molecular flexibility index (Phi) is 6.35. The van der Waals surface area contributed by atoms with Gasteiger partial charge in [-0.15, -0.1) is 0 Å². The van der Waals surface area contributed by atoms with E-state index in [0.29, 0.717) is 37.8 Å². The molecule has 0 amide bonds. The number of anilines is 1. The summed E-state index contributed by atoms with van der Waals surface area (Å²) in [4.78, 5) is 13.2. The Bertz CT molecular complexity index is 900. The lowest BCUT2D eigenvalue weighted by Crippen LogP contribution is -2.49. The summed E-state index contributed by atoms with van der Waals surface area (Å²) < 4.78 is 11.1. The van der Waals surface area contributed by atoms with E-state index >= 15 is 0 Å². The fraction of sp³-hybridized carbons (Fsp3) is 0.500. The molecule has 3 aliphatic heterocycles. The molecule has 3 heterocycles. The number of carboxylic acid groups (broad SMARTS) is 1. The van der Waals surface area contributed by atoms with Crippen LogP contribution in [0.15, 0.2) is 35.7 Å². The number of hydrazine groups is 1. The van der Waals surface area contributed by atoms with Crippen molar-refractivity contribution in [3.05, 3.63) is 46.9 Å². The number of carboxylic acids is 1. The van der Waals surface area contributed by atoms with E-state index in [1.54, 1.807) is 7.11 Å². The average Bonchev–Trinajstić information content (AvgIpc) is 2.82. The van der Waals surface area contributed by atoms with Crippen LogP contribution in [-0.4, -0.2) is 65.7 Å². The molecular formula is C22H30N4O5. The van der Waals surface area contributed by atoms with E-state index in [0.717, 1.165) is 46.8 Å². The van der Waals surface area contributed by atoms with Gasteiger partial charge in [-0.2, -0.15) is 5.17 Å². The van der Waals surface area contributed by atoms with Crippen LogP contribution in [-0.2, 0) is 20.9 Å². The zero-order valence-electron chi connectivity index (χ0n) is 17.9. The van der Waals surface area contributed by atoms with Crippen LogP contribution in [0.25, 0.3) is 5.70 Å². The van der Waals surface area contributed by atoms with Crippen LogP contribution in [0.3, 0.4) is 0 Å². The number of methoxy groups -OCH3 is 1. The van der Waals surface area contributed by atoms with Crippen LogP contribution in [0.1, 0.15) is 36.8 Å². The number of hydroxylamine groups is 1. The summed E-state index contributed by atoms with van der Waals surface area (Å²) in [7, 11) is 3.41. The molecule has 0 unspecified atom stereocenters. The lowest BCUT2D eigenvalue weighted by molar-refractivity contribution is -0.143. The second kappa shape index (κ2) is 9.17. The second-order valence-electron chi connectivity index (χ2n) is 8.25. The van der Waals surface area contributed by atoms with E-state index in [-0.39, 0.29) is 6.04 Å². The Hall–Kier alpha value is -2.75. The van der Waals surface area contributed by atoms with Gasteiger partial charge in [-0.25, -0.2) is 5.43 Å². The van der Waals surface area contributed by atoms with Gasteiger partial charge in [0.2, 0.25) is 5.88 Å². The standard InChI is InChI=1S/C22H30N4O5/c1-25-12-17(6-8-19(25)22(27)28)23-16-5-7-18-15(10-16)13-31-9-3-4-14-11-20(30-2)24-26(29)21(14)18/h5,7,10-11,17,19,23-24,29H,3-4,6,8-9,12-13H2,1-2H3,(H,27,28)/t17-,19-/m1/s1. The molecule has 2 atom stereocenters. The van der Waals surface area contributed by atoms with Crippen LogP contribution in [0.4, 0.5) is 5.69 Å². The molecule has 0 radical (unpaired) electrons. The number of carbonyl (C=O) groups is 1. The van der Waals surface area contributed by atoms with Gasteiger partial charge in [-0.3, -0.25) is 14.9 Å². The van der Waals surface area contributed by atoms with E-state index in [9.17, 15) is 15.1 Å². The molecule has 1 aromatic carbocycles. The van der Waals surface area contributed by atoms with Crippen LogP contribution in [0.5, 0.6) is 0 Å². The highest BCUT2D eigenvalue weighted by molar-refractivity contribution is 5.74. The lowest BCUT2D eigenvalue weighted by Gasteiger charge is -2.35. The van der Waals surface area contributed by atoms with Crippen molar-refractivity contribution in [1.82, 2.24) is 15.5 Å². The van der Waals surface area contributed by atoms with Gasteiger partial charge in [0.1, 0.15) is 6.04 Å². The molecule has 1 aromatic rings. The number of hydrogen-bond acceptors (Lipinski definition) is 8. The van der Waals surface area contributed by atoms with Crippen molar-refractivity contribution in [3.8, 4) is 0 Å². The molecular weight excluding hydrogens is 400 g/mol. The number of likely N-dealkylation sites (N-methyl/N-ethyl adjacent to an activating group) is 1. The first-order valence-electron chi connectivity index (χ1n) is 10.6. The molecule has 0 aromatic heterocycles. The molecule has 1 fully saturated rings. The summed E-state index contributed by atoms with van der Waals surface area (Å²) in [5, 5.41) is 24.5. The number of rotatable bonds is 4. The zero-order chi connectivity index (χ0) is 22.0. The summed E-state index contributed by atoms with van der Waals surface area (Å²) in [6, 6.07) is 5.79. The number of benzene rings is 1. The monoisotopic (exact) mass is 430 g/mol. The largest absolute Gasteiger partial charge is 0.481 e. The van der Waals surface area contributed by atoms with Gasteiger partial charge in [0, 0.05) is 36.5 Å². The molecule has 1 saturated heterocycles. The Morgan fingerprint density at radius 1 is 1.35 bits per heavy atom. The zero-order valence-corrected chi connectivity index (χ0v) is 17.9. The third-order valence-electron chi connectivity index (χ3n) is 6.09. The van der Waals surface area contributed by atoms with Crippen LogP contribution >= 0.6 is 0 Å². The smallest absolute Gasteiger partial charge is 0.320 e. The maximum absolute atomic E-state index is 11.3. The summed E-state index contributed by atoms with van der Waals surface area (Å²) >= 11 is 0. The Morgan fingerprint density at radius 3 is 2.94 bits per heavy atom. The van der Waals surface area contributed by atoms with Gasteiger partial charge in [-0.05, 0) is 56.0 Å². The van der Waals surface area contributed by atoms with Gasteiger partial charge in [0.15, 0.2) is 0 Å². The Labute approximate surface area is 181 Å². The molecule has 0 spiro atoms. The Balaban J connectivity index is 1.59. The van der Waals surface area contributed by atoms with Crippen LogP contribution in [0.2, 0.25) is 0 Å². The molecule has 9 heteroatoms. The number of nitrogens with one attached hydrogen (secondary N) is 2. The fourth-order valence-corrected chi connectivity index (χ4v) is 4.53. The van der Waals surface area contributed by atoms with Crippen molar-refractivity contribution in [2.45, 2.75) is 44.4 Å². The van der Waals surface area contributed by atoms with Crippen molar-refractivity contribution in [2.75, 3.05) is 32.6 Å². The van der Waals surface area contributed by atoms with E-state index < -0.39 is 12.0 Å². The lowest BCUT2D eigenvalue weighted by atomic mass is 9.96. The number of likely N-dealkylation sites (tertiary alicyclic amines) is 1. The summed E-state index contributed by atoms with van der Waals surface area (Å²) in [5.74, 6) is -0.276. The van der Waals surface area contributed by atoms with Crippen LogP contribution < -0.4 is 10.7 Å². The highest BCUT2D eigenvalue weighted by Crippen LogP contribution is 2.34. The predicted octanol–water partition coefficient (Wildman–Crippen LogP) is 2.36. The van der Waals surface area contributed by atoms with E-state index in [2.05, 4.69) is 16.8 Å². The van der Waals surface area contributed by atoms with Crippen molar-refractivity contribution < 1.29 is 24.6 Å². The van der Waals surface area contributed by atoms with E-state index in [1.165, 1.54) is 0 Å². The minimum atomic E-state index is -0.764. The Morgan fingerprint density at radius 2 is 2.19 bits per heavy atom. The molecule has 3 aliphatic rings. The first-order valence-corrected chi connectivity index (χ1v) is 10.6. The highest BCUT2D eigenvalue weighted by atomic mass is 16.6. The van der Waals surface area contributed by atoms with Gasteiger partial charge in [0.05, 0.1) is 19.4 Å². The van der Waals surface area contributed by atoms with Crippen LogP contribution in [0, 0.1) is 0 Å². The third kappa shape index (κ3) is 4.63. The maximum Gasteiger partial charge on any atom is 0.320 e. The molecule has 0 saturated carbocycles. The minimum Gasteiger partial charge on any atom is -0.481 e. The number of allylic oxidation sites excluding steroid dienone is 2. The summed E-state index contributed by atoms with van der Waals surface area (Å²) in [6.07, 6.45) is 4.94. The molecule has 4 rings (SSSR count). The van der Waals surface area contributed by atoms with Gasteiger partial charge < -0.3 is 19.9 Å². The minimum absolute atomic E-state index is 0.170. The maximum atomic E-state index is 11.3. The first kappa shape index (κ1) is 21.5. The van der Waals surface area contributed by atoms with Gasteiger partial charge >= 0.3 is 5.97 Å². The third-order valence-corrected chi connectivity index (χ3v) is 6.09. The normalized spacial score (nSPS) is 24.6. The fourth-order valence-electron chi connectivity index (χ4n) is 4.53. The predicted molar refractivity (Wildman–Crippen MR) is 115 cm³/mol. The molecule has 9 nitrogen and oxygen atoms in total. The molecule has 168 valence electrons. The number of hydrogen-bond donors (Lipinski definition) is 4. The van der Waals surface area contributed by atoms with E-state index in [1.807, 2.05) is 30.2 Å².